The topological polar surface area (TPSA) is 122 Å². The second kappa shape index (κ2) is 14.3. The molecule has 12 heteroatoms. The minimum absolute atomic E-state index is 0.0901. The molecule has 1 unspecified atom stereocenters. The highest BCUT2D eigenvalue weighted by Crippen LogP contribution is 2.38. The van der Waals surface area contributed by atoms with Crippen LogP contribution in [0.5, 0.6) is 23.0 Å². The summed E-state index contributed by atoms with van der Waals surface area (Å²) in [5, 5.41) is 16.0. The number of ether oxygens (including phenoxy) is 3. The number of likely N-dealkylation sites (tertiary alicyclic amines) is 1. The standard InChI is InChI=1S/C32H32ClFN4O6/c1-42-29-16-23-26(17-30(29)43-19-22(39)18-38-12-4-5-13-38)35-11-10-27(23)44-28-9-8-21(15-25(28)34)36-32(41)37-31(40)14-20-6-2-3-7-24(20)33/h2-3,6-11,15-17,22,39H,4-5,12-14,18-19H2,1H3,(H2,36,37,40,41). The zero-order chi connectivity index (χ0) is 31.1. The maximum absolute atomic E-state index is 15.0. The van der Waals surface area contributed by atoms with Crippen molar-refractivity contribution < 1.29 is 33.3 Å². The summed E-state index contributed by atoms with van der Waals surface area (Å²) >= 11 is 6.07. The lowest BCUT2D eigenvalue weighted by atomic mass is 10.1. The Bertz CT molecular complexity index is 1650. The summed E-state index contributed by atoms with van der Waals surface area (Å²) in [4.78, 5) is 31.1. The minimum Gasteiger partial charge on any atom is -0.493 e. The van der Waals surface area contributed by atoms with Gasteiger partial charge in [-0.15, -0.1) is 0 Å². The predicted octanol–water partition coefficient (Wildman–Crippen LogP) is 5.55. The number of imide groups is 1. The van der Waals surface area contributed by atoms with Crippen LogP contribution in [0.4, 0.5) is 14.9 Å². The van der Waals surface area contributed by atoms with E-state index in [4.69, 9.17) is 25.8 Å². The molecule has 3 N–H and O–H groups in total. The SMILES string of the molecule is COc1cc2c(Oc3ccc(NC(=O)NC(=O)Cc4ccccc4Cl)cc3F)ccnc2cc1OCC(O)CN1CCCC1. The van der Waals surface area contributed by atoms with Gasteiger partial charge in [0.1, 0.15) is 18.5 Å². The van der Waals surface area contributed by atoms with Crippen LogP contribution in [0.15, 0.2) is 66.9 Å². The van der Waals surface area contributed by atoms with Crippen LogP contribution in [0.2, 0.25) is 5.02 Å². The highest BCUT2D eigenvalue weighted by Gasteiger charge is 2.19. The second-order valence-corrected chi connectivity index (χ2v) is 10.7. The summed E-state index contributed by atoms with van der Waals surface area (Å²) in [6.45, 7) is 2.58. The number of nitrogens with one attached hydrogen (secondary N) is 2. The lowest BCUT2D eigenvalue weighted by Gasteiger charge is -2.20. The molecule has 0 bridgehead atoms. The maximum Gasteiger partial charge on any atom is 0.325 e. The molecule has 1 aliphatic heterocycles. The number of hydrogen-bond donors (Lipinski definition) is 3. The van der Waals surface area contributed by atoms with Gasteiger partial charge in [0.15, 0.2) is 23.1 Å². The normalized spacial score (nSPS) is 13.8. The van der Waals surface area contributed by atoms with Crippen molar-refractivity contribution in [3.8, 4) is 23.0 Å². The molecule has 3 aromatic carbocycles. The van der Waals surface area contributed by atoms with Crippen LogP contribution in [0.1, 0.15) is 18.4 Å². The Morgan fingerprint density at radius 3 is 2.59 bits per heavy atom. The lowest BCUT2D eigenvalue weighted by molar-refractivity contribution is -0.119. The van der Waals surface area contributed by atoms with Crippen molar-refractivity contribution in [3.05, 3.63) is 83.3 Å². The number of carbonyl (C=O) groups excluding carboxylic acids is 2. The molecule has 1 aromatic heterocycles. The van der Waals surface area contributed by atoms with E-state index in [2.05, 4.69) is 20.5 Å². The Hall–Kier alpha value is -4.45. The number of benzene rings is 3. The molecular weight excluding hydrogens is 591 g/mol. The van der Waals surface area contributed by atoms with Crippen LogP contribution in [0.3, 0.4) is 0 Å². The zero-order valence-electron chi connectivity index (χ0n) is 24.0. The van der Waals surface area contributed by atoms with Gasteiger partial charge in [0.2, 0.25) is 5.91 Å². The minimum atomic E-state index is -0.816. The van der Waals surface area contributed by atoms with Gasteiger partial charge in [0.05, 0.1) is 19.0 Å². The highest BCUT2D eigenvalue weighted by atomic mass is 35.5. The van der Waals surface area contributed by atoms with Crippen molar-refractivity contribution >= 4 is 40.1 Å². The number of halogens is 2. The zero-order valence-corrected chi connectivity index (χ0v) is 24.8. The van der Waals surface area contributed by atoms with Crippen molar-refractivity contribution in [1.82, 2.24) is 15.2 Å². The lowest BCUT2D eigenvalue weighted by Crippen LogP contribution is -2.35. The smallest absolute Gasteiger partial charge is 0.325 e. The van der Waals surface area contributed by atoms with E-state index in [1.165, 1.54) is 25.4 Å². The fraction of sp³-hybridized carbons (Fsp3) is 0.281. The predicted molar refractivity (Wildman–Crippen MR) is 164 cm³/mol. The molecule has 1 saturated heterocycles. The van der Waals surface area contributed by atoms with E-state index < -0.39 is 23.9 Å². The Labute approximate surface area is 258 Å². The van der Waals surface area contributed by atoms with Crippen LogP contribution in [-0.2, 0) is 11.2 Å². The molecule has 44 heavy (non-hydrogen) atoms. The van der Waals surface area contributed by atoms with Gasteiger partial charge in [-0.3, -0.25) is 15.1 Å². The van der Waals surface area contributed by atoms with Gasteiger partial charge >= 0.3 is 6.03 Å². The van der Waals surface area contributed by atoms with E-state index in [1.54, 1.807) is 42.5 Å². The first-order valence-corrected chi connectivity index (χ1v) is 14.5. The number of methoxy groups -OCH3 is 1. The summed E-state index contributed by atoms with van der Waals surface area (Å²) in [7, 11) is 1.50. The Morgan fingerprint density at radius 1 is 1.05 bits per heavy atom. The molecule has 0 radical (unpaired) electrons. The maximum atomic E-state index is 15.0. The molecule has 0 saturated carbocycles. The molecule has 1 atom stereocenters. The molecule has 10 nitrogen and oxygen atoms in total. The molecule has 1 fully saturated rings. The van der Waals surface area contributed by atoms with Gasteiger partial charge in [-0.2, -0.15) is 0 Å². The molecule has 0 spiro atoms. The van der Waals surface area contributed by atoms with E-state index in [0.717, 1.165) is 32.0 Å². The van der Waals surface area contributed by atoms with Crippen LogP contribution in [0.25, 0.3) is 10.9 Å². The summed E-state index contributed by atoms with van der Waals surface area (Å²) in [6, 6.07) is 14.8. The Kier molecular flexibility index (Phi) is 10.1. The van der Waals surface area contributed by atoms with Crippen LogP contribution in [0, 0.1) is 5.82 Å². The average Bonchev–Trinajstić information content (AvgIpc) is 3.51. The second-order valence-electron chi connectivity index (χ2n) is 10.3. The number of amides is 3. The fourth-order valence-electron chi connectivity index (χ4n) is 4.92. The van der Waals surface area contributed by atoms with Crippen molar-refractivity contribution in [2.75, 3.05) is 38.7 Å². The number of aliphatic hydroxyl groups is 1. The van der Waals surface area contributed by atoms with Gasteiger partial charge in [0, 0.05) is 41.0 Å². The third-order valence-corrected chi connectivity index (χ3v) is 7.43. The summed E-state index contributed by atoms with van der Waals surface area (Å²) in [6.07, 6.45) is 3.05. The molecule has 230 valence electrons. The van der Waals surface area contributed by atoms with Crippen LogP contribution >= 0.6 is 11.6 Å². The molecule has 3 amide bonds. The molecule has 1 aliphatic rings. The van der Waals surface area contributed by atoms with Crippen LogP contribution in [-0.4, -0.2) is 66.4 Å². The number of fused-ring (bicyclic) bond motifs is 1. The van der Waals surface area contributed by atoms with Crippen LogP contribution < -0.4 is 24.8 Å². The van der Waals surface area contributed by atoms with Gasteiger partial charge in [0.25, 0.3) is 0 Å². The van der Waals surface area contributed by atoms with Gasteiger partial charge < -0.3 is 29.5 Å². The number of hydrogen-bond acceptors (Lipinski definition) is 8. The van der Waals surface area contributed by atoms with E-state index in [-0.39, 0.29) is 24.5 Å². The van der Waals surface area contributed by atoms with Crippen molar-refractivity contribution in [1.29, 1.82) is 0 Å². The highest BCUT2D eigenvalue weighted by molar-refractivity contribution is 6.31. The van der Waals surface area contributed by atoms with E-state index in [1.807, 2.05) is 0 Å². The summed E-state index contributed by atoms with van der Waals surface area (Å²) in [5.41, 5.74) is 1.21. The third kappa shape index (κ3) is 7.93. The number of urea groups is 1. The first kappa shape index (κ1) is 31.0. The average molecular weight is 623 g/mol. The summed E-state index contributed by atoms with van der Waals surface area (Å²) < 4.78 is 32.3. The Balaban J connectivity index is 1.23. The number of rotatable bonds is 11. The quantitative estimate of drug-likeness (QED) is 0.199. The monoisotopic (exact) mass is 622 g/mol. The Morgan fingerprint density at radius 2 is 1.84 bits per heavy atom. The first-order valence-electron chi connectivity index (χ1n) is 14.1. The van der Waals surface area contributed by atoms with Crippen molar-refractivity contribution in [3.63, 3.8) is 0 Å². The van der Waals surface area contributed by atoms with E-state index >= 15 is 4.39 Å². The fourth-order valence-corrected chi connectivity index (χ4v) is 5.12. The van der Waals surface area contributed by atoms with Gasteiger partial charge in [-0.1, -0.05) is 29.8 Å². The van der Waals surface area contributed by atoms with Crippen molar-refractivity contribution in [2.24, 2.45) is 0 Å². The molecule has 5 rings (SSSR count). The first-order chi connectivity index (χ1) is 21.3. The molecule has 2 heterocycles. The molecular formula is C32H32ClFN4O6. The molecule has 0 aliphatic carbocycles. The van der Waals surface area contributed by atoms with Crippen molar-refractivity contribution in [2.45, 2.75) is 25.4 Å². The largest absolute Gasteiger partial charge is 0.493 e. The van der Waals surface area contributed by atoms with Gasteiger partial charge in [-0.25, -0.2) is 9.18 Å². The van der Waals surface area contributed by atoms with Gasteiger partial charge in [-0.05, 0) is 61.8 Å². The number of nitrogens with zero attached hydrogens (tertiary/aromatic N) is 2. The third-order valence-electron chi connectivity index (χ3n) is 7.06. The number of aliphatic hydroxyl groups excluding tert-OH is 1. The number of aromatic nitrogens is 1. The number of anilines is 1. The summed E-state index contributed by atoms with van der Waals surface area (Å²) in [5.74, 6) is -0.273. The number of carbonyl (C=O) groups is 2. The van der Waals surface area contributed by atoms with E-state index in [0.29, 0.717) is 45.3 Å². The number of β-amino-alcohol motifs (C(OH)–C–C–N with tert-alkyl or cyclic N) is 1. The molecule has 4 aromatic rings. The number of pyridine rings is 1. The van der Waals surface area contributed by atoms with E-state index in [9.17, 15) is 14.7 Å².